The number of thioether (sulfide) groups is 1. The van der Waals surface area contributed by atoms with Crippen molar-refractivity contribution in [1.82, 2.24) is 10.3 Å². The average molecular weight is 433 g/mol. The highest BCUT2D eigenvalue weighted by atomic mass is 35.5. The minimum Gasteiger partial charge on any atom is -0.298 e. The van der Waals surface area contributed by atoms with Crippen molar-refractivity contribution in [3.63, 3.8) is 0 Å². The number of benzene rings is 2. The smallest absolute Gasteiger partial charge is 0.276 e. The minimum atomic E-state index is -0.539. The number of hydrogen-bond donors (Lipinski definition) is 1. The van der Waals surface area contributed by atoms with Gasteiger partial charge in [0, 0.05) is 26.6 Å². The van der Waals surface area contributed by atoms with Gasteiger partial charge in [-0.05, 0) is 24.6 Å². The number of unbranched alkanes of at least 4 members (excludes halogenated alkanes) is 1. The fourth-order valence-electron chi connectivity index (χ4n) is 3.12. The first-order valence-electron chi connectivity index (χ1n) is 9.02. The lowest BCUT2D eigenvalue weighted by Gasteiger charge is -2.34. The van der Waals surface area contributed by atoms with Crippen molar-refractivity contribution >= 4 is 51.7 Å². The van der Waals surface area contributed by atoms with Crippen molar-refractivity contribution in [2.75, 3.05) is 5.75 Å². The highest BCUT2D eigenvalue weighted by molar-refractivity contribution is 8.13. The number of hydrogen-bond acceptors (Lipinski definition) is 5. The quantitative estimate of drug-likeness (QED) is 0.749. The van der Waals surface area contributed by atoms with Crippen molar-refractivity contribution in [3.8, 4) is 0 Å². The zero-order valence-corrected chi connectivity index (χ0v) is 17.5. The van der Waals surface area contributed by atoms with Gasteiger partial charge in [-0.3, -0.25) is 15.1 Å². The Labute approximate surface area is 177 Å². The molecule has 8 heteroatoms. The molecule has 2 aromatic rings. The molecule has 5 nitrogen and oxygen atoms in total. The van der Waals surface area contributed by atoms with Gasteiger partial charge in [0.25, 0.3) is 5.91 Å². The van der Waals surface area contributed by atoms with E-state index in [9.17, 15) is 4.79 Å². The van der Waals surface area contributed by atoms with Gasteiger partial charge in [-0.15, -0.1) is 5.10 Å². The monoisotopic (exact) mass is 432 g/mol. The van der Waals surface area contributed by atoms with E-state index in [-0.39, 0.29) is 5.91 Å². The summed E-state index contributed by atoms with van der Waals surface area (Å²) >= 11 is 14.1. The molecule has 1 N–H and O–H groups in total. The second-order valence-corrected chi connectivity index (χ2v) is 8.37. The second kappa shape index (κ2) is 8.15. The van der Waals surface area contributed by atoms with Crippen LogP contribution in [0.2, 0.25) is 10.0 Å². The van der Waals surface area contributed by atoms with E-state index in [1.54, 1.807) is 17.1 Å². The summed E-state index contributed by atoms with van der Waals surface area (Å²) in [6.45, 7) is 2.13. The van der Waals surface area contributed by atoms with Gasteiger partial charge in [-0.2, -0.15) is 0 Å². The van der Waals surface area contributed by atoms with Crippen LogP contribution in [0.4, 0.5) is 0 Å². The first kappa shape index (κ1) is 19.3. The molecule has 2 aromatic carbocycles. The van der Waals surface area contributed by atoms with Crippen LogP contribution in [0.15, 0.2) is 52.6 Å². The van der Waals surface area contributed by atoms with Gasteiger partial charge in [-0.25, -0.2) is 5.01 Å². The molecule has 0 saturated heterocycles. The molecule has 0 unspecified atom stereocenters. The van der Waals surface area contributed by atoms with E-state index in [1.165, 1.54) is 11.8 Å². The lowest BCUT2D eigenvalue weighted by molar-refractivity contribution is -0.116. The highest BCUT2D eigenvalue weighted by Crippen LogP contribution is 2.35. The number of para-hydroxylation sites is 1. The number of nitrogens with zero attached hydrogens (tertiary/aromatic N) is 3. The van der Waals surface area contributed by atoms with E-state index in [2.05, 4.69) is 12.2 Å². The van der Waals surface area contributed by atoms with Crippen molar-refractivity contribution < 1.29 is 4.79 Å². The van der Waals surface area contributed by atoms with Crippen LogP contribution in [-0.2, 0) is 4.79 Å². The molecule has 0 spiro atoms. The van der Waals surface area contributed by atoms with Crippen LogP contribution in [0.25, 0.3) is 5.70 Å². The Kier molecular flexibility index (Phi) is 5.62. The van der Waals surface area contributed by atoms with Crippen LogP contribution < -0.4 is 15.9 Å². The molecule has 1 atom stereocenters. The van der Waals surface area contributed by atoms with Crippen molar-refractivity contribution in [2.45, 2.75) is 25.9 Å². The van der Waals surface area contributed by atoms with Crippen LogP contribution in [0.1, 0.15) is 31.5 Å². The van der Waals surface area contributed by atoms with Crippen molar-refractivity contribution in [1.29, 1.82) is 0 Å². The van der Waals surface area contributed by atoms with Crippen LogP contribution >= 0.6 is 35.0 Å². The maximum atomic E-state index is 13.0. The van der Waals surface area contributed by atoms with Crippen molar-refractivity contribution in [2.24, 2.45) is 10.1 Å². The molecular weight excluding hydrogens is 415 g/mol. The molecule has 0 aliphatic carbocycles. The molecule has 0 radical (unpaired) electrons. The summed E-state index contributed by atoms with van der Waals surface area (Å²) in [6.07, 6.45) is 1.60. The number of amides is 1. The van der Waals surface area contributed by atoms with Gasteiger partial charge in [0.1, 0.15) is 5.70 Å². The maximum Gasteiger partial charge on any atom is 0.276 e. The Bertz CT molecular complexity index is 1090. The topological polar surface area (TPSA) is 57.1 Å². The molecule has 0 aromatic heterocycles. The predicted molar refractivity (Wildman–Crippen MR) is 115 cm³/mol. The van der Waals surface area contributed by atoms with Crippen LogP contribution in [-0.4, -0.2) is 21.8 Å². The SMILES string of the molecule is CCCCSC1=NN2C(=c3ccccc3=N[C@@H]2c2ccc(Cl)cc2Cl)C(=O)N1. The Morgan fingerprint density at radius 3 is 2.82 bits per heavy atom. The summed E-state index contributed by atoms with van der Waals surface area (Å²) in [7, 11) is 0. The van der Waals surface area contributed by atoms with Gasteiger partial charge >= 0.3 is 0 Å². The maximum absolute atomic E-state index is 13.0. The summed E-state index contributed by atoms with van der Waals surface area (Å²) in [5.41, 5.74) is 1.22. The fraction of sp³-hybridized carbons (Fsp3) is 0.250. The predicted octanol–water partition coefficient (Wildman–Crippen LogP) is 3.67. The second-order valence-electron chi connectivity index (χ2n) is 6.44. The van der Waals surface area contributed by atoms with E-state index in [0.29, 0.717) is 20.9 Å². The third-order valence-electron chi connectivity index (χ3n) is 4.49. The van der Waals surface area contributed by atoms with E-state index >= 15 is 0 Å². The third kappa shape index (κ3) is 3.64. The number of halogens is 2. The number of carbonyl (C=O) groups is 1. The van der Waals surface area contributed by atoms with Gasteiger partial charge in [0.15, 0.2) is 11.3 Å². The Morgan fingerprint density at radius 2 is 2.04 bits per heavy atom. The largest absolute Gasteiger partial charge is 0.298 e. The number of fused-ring (bicyclic) bond motifs is 2. The van der Waals surface area contributed by atoms with Gasteiger partial charge < -0.3 is 0 Å². The Hall–Kier alpha value is -2.02. The Morgan fingerprint density at radius 1 is 1.21 bits per heavy atom. The lowest BCUT2D eigenvalue weighted by atomic mass is 10.1. The summed E-state index contributed by atoms with van der Waals surface area (Å²) in [6, 6.07) is 12.8. The molecule has 4 rings (SSSR count). The number of hydrazone groups is 1. The zero-order chi connectivity index (χ0) is 19.7. The Balaban J connectivity index is 1.86. The lowest BCUT2D eigenvalue weighted by Crippen LogP contribution is -2.50. The van der Waals surface area contributed by atoms with Gasteiger partial charge in [0.05, 0.1) is 5.36 Å². The van der Waals surface area contributed by atoms with Gasteiger partial charge in [-0.1, -0.05) is 72.6 Å². The first-order valence-corrected chi connectivity index (χ1v) is 10.8. The molecule has 2 aliphatic heterocycles. The van der Waals surface area contributed by atoms with Crippen LogP contribution in [0.5, 0.6) is 0 Å². The molecule has 28 heavy (non-hydrogen) atoms. The summed E-state index contributed by atoms with van der Waals surface area (Å²) in [5, 5.41) is 12.4. The normalized spacial score (nSPS) is 18.0. The number of rotatable bonds is 4. The molecule has 1 amide bonds. The van der Waals surface area contributed by atoms with Crippen LogP contribution in [0, 0.1) is 0 Å². The third-order valence-corrected chi connectivity index (χ3v) is 6.01. The van der Waals surface area contributed by atoms with Gasteiger partial charge in [0.2, 0.25) is 0 Å². The molecular formula is C20H18Cl2N4OS. The molecule has 2 heterocycles. The van der Waals surface area contributed by atoms with E-state index in [4.69, 9.17) is 33.3 Å². The standard InChI is InChI=1S/C20H18Cl2N4OS/c1-2-3-10-28-20-24-19(27)17-14-6-4-5-7-16(14)23-18(26(17)25-20)13-9-8-12(21)11-15(13)22/h4-9,11,18H,2-3,10H2,1H3,(H,24,25,27)/t18-/m0/s1. The van der Waals surface area contributed by atoms with E-state index < -0.39 is 6.17 Å². The molecule has 0 saturated carbocycles. The van der Waals surface area contributed by atoms with Crippen molar-refractivity contribution in [3.05, 3.63) is 68.6 Å². The van der Waals surface area contributed by atoms with E-state index in [1.807, 2.05) is 30.3 Å². The average Bonchev–Trinajstić information content (AvgIpc) is 2.67. The first-order chi connectivity index (χ1) is 13.6. The number of nitrogens with one attached hydrogen (secondary N) is 1. The van der Waals surface area contributed by atoms with E-state index in [0.717, 1.165) is 34.7 Å². The molecule has 0 bridgehead atoms. The fourth-order valence-corrected chi connectivity index (χ4v) is 4.56. The van der Waals surface area contributed by atoms with Crippen LogP contribution in [0.3, 0.4) is 0 Å². The summed E-state index contributed by atoms with van der Waals surface area (Å²) in [4.78, 5) is 17.8. The molecule has 2 aliphatic rings. The summed E-state index contributed by atoms with van der Waals surface area (Å²) < 4.78 is 0. The summed E-state index contributed by atoms with van der Waals surface area (Å²) in [5.74, 6) is 0.699. The minimum absolute atomic E-state index is 0.188. The number of amidine groups is 1. The highest BCUT2D eigenvalue weighted by Gasteiger charge is 2.35. The zero-order valence-electron chi connectivity index (χ0n) is 15.2. The number of carbonyl (C=O) groups excluding carboxylic acids is 1. The molecule has 144 valence electrons. The molecule has 0 fully saturated rings.